The smallest absolute Gasteiger partial charge is 0.166 e. The SMILES string of the molecule is CC(C)(CCCO)CCCCN(CCCCC(C)(C)CCCO)C(N)=S. The molecule has 0 radical (unpaired) electrons. The molecule has 0 spiro atoms. The summed E-state index contributed by atoms with van der Waals surface area (Å²) < 4.78 is 0. The highest BCUT2D eigenvalue weighted by atomic mass is 32.1. The summed E-state index contributed by atoms with van der Waals surface area (Å²) in [6, 6.07) is 0. The molecule has 0 bridgehead atoms. The normalized spacial score (nSPS) is 12.4. The van der Waals surface area contributed by atoms with Crippen LogP contribution >= 0.6 is 12.2 Å². The van der Waals surface area contributed by atoms with Crippen LogP contribution in [-0.4, -0.2) is 46.5 Å². The predicted molar refractivity (Wildman–Crippen MR) is 116 cm³/mol. The molecule has 0 saturated carbocycles. The van der Waals surface area contributed by atoms with Gasteiger partial charge in [-0.1, -0.05) is 40.5 Å². The molecule has 0 amide bonds. The molecule has 0 unspecified atom stereocenters. The van der Waals surface area contributed by atoms with Gasteiger partial charge in [0.25, 0.3) is 0 Å². The van der Waals surface area contributed by atoms with Crippen molar-refractivity contribution in [2.45, 2.75) is 91.9 Å². The lowest BCUT2D eigenvalue weighted by atomic mass is 9.82. The van der Waals surface area contributed by atoms with Crippen molar-refractivity contribution in [3.8, 4) is 0 Å². The fourth-order valence-corrected chi connectivity index (χ4v) is 3.69. The zero-order chi connectivity index (χ0) is 20.1. The van der Waals surface area contributed by atoms with E-state index in [2.05, 4.69) is 32.6 Å². The van der Waals surface area contributed by atoms with Crippen LogP contribution in [0.15, 0.2) is 0 Å². The Bertz CT molecular complexity index is 345. The highest BCUT2D eigenvalue weighted by molar-refractivity contribution is 7.80. The molecule has 5 heteroatoms. The van der Waals surface area contributed by atoms with Crippen molar-refractivity contribution < 1.29 is 10.2 Å². The van der Waals surface area contributed by atoms with Gasteiger partial charge in [0.1, 0.15) is 0 Å². The number of hydrogen-bond acceptors (Lipinski definition) is 3. The third kappa shape index (κ3) is 13.8. The molecule has 0 rings (SSSR count). The predicted octanol–water partition coefficient (Wildman–Crippen LogP) is 4.47. The van der Waals surface area contributed by atoms with Gasteiger partial charge in [-0.2, -0.15) is 0 Å². The van der Waals surface area contributed by atoms with E-state index in [1.165, 1.54) is 25.7 Å². The van der Waals surface area contributed by atoms with Crippen molar-refractivity contribution in [2.24, 2.45) is 16.6 Å². The van der Waals surface area contributed by atoms with Gasteiger partial charge in [0, 0.05) is 26.3 Å². The van der Waals surface area contributed by atoms with Crippen LogP contribution in [0.1, 0.15) is 91.9 Å². The third-order valence-corrected chi connectivity index (χ3v) is 5.66. The van der Waals surface area contributed by atoms with Gasteiger partial charge in [0.05, 0.1) is 0 Å². The van der Waals surface area contributed by atoms with Crippen molar-refractivity contribution in [1.29, 1.82) is 0 Å². The van der Waals surface area contributed by atoms with E-state index in [4.69, 9.17) is 28.2 Å². The summed E-state index contributed by atoms with van der Waals surface area (Å²) in [6.45, 7) is 11.6. The van der Waals surface area contributed by atoms with Crippen molar-refractivity contribution in [2.75, 3.05) is 26.3 Å². The molecule has 0 aliphatic heterocycles. The minimum absolute atomic E-state index is 0.287. The van der Waals surface area contributed by atoms with Crippen LogP contribution in [0.3, 0.4) is 0 Å². The van der Waals surface area contributed by atoms with Crippen LogP contribution < -0.4 is 5.73 Å². The second-order valence-electron chi connectivity index (χ2n) is 9.22. The Hall–Kier alpha value is -0.390. The van der Waals surface area contributed by atoms with Gasteiger partial charge in [-0.15, -0.1) is 0 Å². The molecule has 4 nitrogen and oxygen atoms in total. The Kier molecular flexibility index (Phi) is 13.5. The molecule has 0 atom stereocenters. The van der Waals surface area contributed by atoms with E-state index in [1.54, 1.807) is 0 Å². The Morgan fingerprint density at radius 1 is 0.731 bits per heavy atom. The van der Waals surface area contributed by atoms with Gasteiger partial charge in [0.2, 0.25) is 0 Å². The molecule has 0 aliphatic rings. The fourth-order valence-electron chi connectivity index (χ4n) is 3.51. The first kappa shape index (κ1) is 25.6. The van der Waals surface area contributed by atoms with E-state index in [-0.39, 0.29) is 13.2 Å². The number of aliphatic hydroxyl groups excluding tert-OH is 2. The zero-order valence-electron chi connectivity index (χ0n) is 17.7. The molecular formula is C21H44N2O2S. The molecule has 0 heterocycles. The largest absolute Gasteiger partial charge is 0.396 e. The van der Waals surface area contributed by atoms with E-state index in [0.29, 0.717) is 15.9 Å². The summed E-state index contributed by atoms with van der Waals surface area (Å²) in [4.78, 5) is 2.15. The van der Waals surface area contributed by atoms with Crippen LogP contribution in [0.2, 0.25) is 0 Å². The molecular weight excluding hydrogens is 344 g/mol. The van der Waals surface area contributed by atoms with Crippen LogP contribution in [0, 0.1) is 10.8 Å². The minimum Gasteiger partial charge on any atom is -0.396 e. The van der Waals surface area contributed by atoms with Gasteiger partial charge < -0.3 is 20.8 Å². The zero-order valence-corrected chi connectivity index (χ0v) is 18.5. The number of unbranched alkanes of at least 4 members (excludes halogenated alkanes) is 2. The highest BCUT2D eigenvalue weighted by Gasteiger charge is 2.18. The maximum Gasteiger partial charge on any atom is 0.166 e. The average molecular weight is 389 g/mol. The molecule has 0 saturated heterocycles. The van der Waals surface area contributed by atoms with Crippen molar-refractivity contribution in [1.82, 2.24) is 4.90 Å². The second kappa shape index (κ2) is 13.7. The van der Waals surface area contributed by atoms with Crippen molar-refractivity contribution in [3.05, 3.63) is 0 Å². The number of thiocarbonyl (C=S) groups is 1. The number of nitrogens with two attached hydrogens (primary N) is 1. The Morgan fingerprint density at radius 2 is 1.08 bits per heavy atom. The monoisotopic (exact) mass is 388 g/mol. The first-order valence-corrected chi connectivity index (χ1v) is 10.8. The summed E-state index contributed by atoms with van der Waals surface area (Å²) in [5, 5.41) is 18.5. The molecule has 0 aliphatic carbocycles. The molecule has 0 aromatic heterocycles. The van der Waals surface area contributed by atoms with E-state index >= 15 is 0 Å². The number of hydrogen-bond donors (Lipinski definition) is 3. The third-order valence-electron chi connectivity index (χ3n) is 5.40. The van der Waals surface area contributed by atoms with Crippen LogP contribution in [0.25, 0.3) is 0 Å². The standard InChI is InChI=1S/C21H44N2O2S/c1-20(2,13-9-17-24)11-5-7-15-23(19(22)26)16-8-6-12-21(3,4)14-10-18-25/h24-25H,5-18H2,1-4H3,(H2,22,26). The second-order valence-corrected chi connectivity index (χ2v) is 9.64. The lowest BCUT2D eigenvalue weighted by molar-refractivity contribution is 0.224. The Balaban J connectivity index is 4.02. The summed E-state index contributed by atoms with van der Waals surface area (Å²) >= 11 is 5.23. The number of rotatable bonds is 16. The van der Waals surface area contributed by atoms with Crippen molar-refractivity contribution in [3.63, 3.8) is 0 Å². The van der Waals surface area contributed by atoms with E-state index in [0.717, 1.165) is 51.6 Å². The fraction of sp³-hybridized carbons (Fsp3) is 0.952. The summed E-state index contributed by atoms with van der Waals surface area (Å²) in [5.74, 6) is 0. The first-order chi connectivity index (χ1) is 12.1. The average Bonchev–Trinajstić information content (AvgIpc) is 2.56. The molecule has 156 valence electrons. The summed E-state index contributed by atoms with van der Waals surface area (Å²) in [5.41, 5.74) is 6.51. The molecule has 0 aromatic rings. The van der Waals surface area contributed by atoms with Gasteiger partial charge in [-0.3, -0.25) is 0 Å². The number of aliphatic hydroxyl groups is 2. The van der Waals surface area contributed by atoms with Gasteiger partial charge in [-0.05, 0) is 74.4 Å². The highest BCUT2D eigenvalue weighted by Crippen LogP contribution is 2.29. The quantitative estimate of drug-likeness (QED) is 0.269. The van der Waals surface area contributed by atoms with E-state index in [9.17, 15) is 0 Å². The molecule has 4 N–H and O–H groups in total. The van der Waals surface area contributed by atoms with Crippen LogP contribution in [-0.2, 0) is 0 Å². The van der Waals surface area contributed by atoms with Gasteiger partial charge in [0.15, 0.2) is 5.11 Å². The van der Waals surface area contributed by atoms with Crippen LogP contribution in [0.4, 0.5) is 0 Å². The topological polar surface area (TPSA) is 69.7 Å². The molecule has 26 heavy (non-hydrogen) atoms. The van der Waals surface area contributed by atoms with Gasteiger partial charge >= 0.3 is 0 Å². The maximum absolute atomic E-state index is 8.98. The lowest BCUT2D eigenvalue weighted by Gasteiger charge is -2.27. The first-order valence-electron chi connectivity index (χ1n) is 10.4. The molecule has 0 aromatic carbocycles. The molecule has 0 fully saturated rings. The minimum atomic E-state index is 0.287. The summed E-state index contributed by atoms with van der Waals surface area (Å²) in [6.07, 6.45) is 10.9. The summed E-state index contributed by atoms with van der Waals surface area (Å²) in [7, 11) is 0. The number of nitrogens with zero attached hydrogens (tertiary/aromatic N) is 1. The van der Waals surface area contributed by atoms with Crippen molar-refractivity contribution >= 4 is 17.3 Å². The Labute approximate surface area is 167 Å². The lowest BCUT2D eigenvalue weighted by Crippen LogP contribution is -2.37. The van der Waals surface area contributed by atoms with Crippen LogP contribution in [0.5, 0.6) is 0 Å². The van der Waals surface area contributed by atoms with Gasteiger partial charge in [-0.25, -0.2) is 0 Å². The van der Waals surface area contributed by atoms with E-state index < -0.39 is 0 Å². The Morgan fingerprint density at radius 3 is 1.38 bits per heavy atom. The maximum atomic E-state index is 8.98. The van der Waals surface area contributed by atoms with E-state index in [1.807, 2.05) is 0 Å².